The van der Waals surface area contributed by atoms with Gasteiger partial charge in [0.25, 0.3) is 11.8 Å². The number of carbonyl (C=O) groups excluding carboxylic acids is 2. The summed E-state index contributed by atoms with van der Waals surface area (Å²) in [6, 6.07) is 15.4. The fourth-order valence-electron chi connectivity index (χ4n) is 2.97. The summed E-state index contributed by atoms with van der Waals surface area (Å²) in [7, 11) is 1.54. The molecule has 0 unspecified atom stereocenters. The number of rotatable bonds is 5. The maximum atomic E-state index is 12.7. The standard InChI is InChI=1S/C22H17N7O2/c1-24-21(30)15-3-2-4-17(10-15)26-22(31)16-5-6-19-20(11-16)28-29(27-19)18(12-23)9-14-7-8-25-13-14/h2-11,13,25H,1H3,(H,24,30)(H,26,31)/b18-9+. The quantitative estimate of drug-likeness (QED) is 0.435. The van der Waals surface area contributed by atoms with E-state index in [4.69, 9.17) is 0 Å². The number of nitrogens with zero attached hydrogens (tertiary/aromatic N) is 4. The molecule has 0 fully saturated rings. The number of H-pyrrole nitrogens is 1. The minimum absolute atomic E-state index is 0.241. The molecular weight excluding hydrogens is 394 g/mol. The van der Waals surface area contributed by atoms with E-state index in [-0.39, 0.29) is 17.5 Å². The first kappa shape index (κ1) is 19.6. The number of hydrogen-bond acceptors (Lipinski definition) is 5. The van der Waals surface area contributed by atoms with Crippen LogP contribution in [0.4, 0.5) is 5.69 Å². The second-order valence-corrected chi connectivity index (χ2v) is 6.59. The highest BCUT2D eigenvalue weighted by molar-refractivity contribution is 6.06. The number of aromatic amines is 1. The average Bonchev–Trinajstić information content (AvgIpc) is 3.46. The molecule has 0 saturated carbocycles. The summed E-state index contributed by atoms with van der Waals surface area (Å²) < 4.78 is 0. The zero-order valence-corrected chi connectivity index (χ0v) is 16.5. The Kier molecular flexibility index (Phi) is 5.27. The van der Waals surface area contributed by atoms with E-state index in [1.165, 1.54) is 4.80 Å². The maximum Gasteiger partial charge on any atom is 0.255 e. The number of aromatic nitrogens is 4. The lowest BCUT2D eigenvalue weighted by atomic mass is 10.1. The molecular formula is C22H17N7O2. The molecule has 2 aromatic heterocycles. The SMILES string of the molecule is CNC(=O)c1cccc(NC(=O)c2ccc3nn(/C(C#N)=C/c4cc[nH]c4)nc3c2)c1. The summed E-state index contributed by atoms with van der Waals surface area (Å²) in [6.07, 6.45) is 5.16. The molecule has 9 nitrogen and oxygen atoms in total. The van der Waals surface area contributed by atoms with Crippen molar-refractivity contribution in [3.63, 3.8) is 0 Å². The Bertz CT molecular complexity index is 1340. The molecule has 2 aromatic carbocycles. The number of hydrogen-bond donors (Lipinski definition) is 3. The molecule has 152 valence electrons. The molecule has 0 bridgehead atoms. The van der Waals surface area contributed by atoms with Gasteiger partial charge in [-0.1, -0.05) is 6.07 Å². The Hall–Kier alpha value is -4.71. The maximum absolute atomic E-state index is 12.7. The largest absolute Gasteiger partial charge is 0.367 e. The van der Waals surface area contributed by atoms with E-state index in [1.807, 2.05) is 6.07 Å². The summed E-state index contributed by atoms with van der Waals surface area (Å²) in [4.78, 5) is 28.6. The summed E-state index contributed by atoms with van der Waals surface area (Å²) >= 11 is 0. The predicted octanol–water partition coefficient (Wildman–Crippen LogP) is 2.89. The first-order valence-corrected chi connectivity index (χ1v) is 9.33. The van der Waals surface area contributed by atoms with Crippen LogP contribution in [0.1, 0.15) is 26.3 Å². The molecule has 2 heterocycles. The van der Waals surface area contributed by atoms with Crippen molar-refractivity contribution in [1.29, 1.82) is 5.26 Å². The number of allylic oxidation sites excluding steroid dienone is 1. The van der Waals surface area contributed by atoms with Crippen LogP contribution in [0.15, 0.2) is 60.9 Å². The van der Waals surface area contributed by atoms with Gasteiger partial charge in [-0.3, -0.25) is 9.59 Å². The zero-order chi connectivity index (χ0) is 21.8. The van der Waals surface area contributed by atoms with Crippen LogP contribution in [-0.2, 0) is 0 Å². The van der Waals surface area contributed by atoms with Gasteiger partial charge in [-0.2, -0.15) is 5.26 Å². The van der Waals surface area contributed by atoms with E-state index >= 15 is 0 Å². The normalized spacial score (nSPS) is 11.2. The fourth-order valence-corrected chi connectivity index (χ4v) is 2.97. The molecule has 9 heteroatoms. The van der Waals surface area contributed by atoms with Gasteiger partial charge in [0.15, 0.2) is 5.70 Å². The Labute approximate surface area is 177 Å². The molecule has 0 aliphatic rings. The highest BCUT2D eigenvalue weighted by atomic mass is 16.2. The summed E-state index contributed by atoms with van der Waals surface area (Å²) in [5.74, 6) is -0.594. The number of carbonyl (C=O) groups is 2. The number of amides is 2. The van der Waals surface area contributed by atoms with Crippen molar-refractivity contribution in [3.8, 4) is 6.07 Å². The Balaban J connectivity index is 1.59. The molecule has 4 rings (SSSR count). The molecule has 3 N–H and O–H groups in total. The van der Waals surface area contributed by atoms with Gasteiger partial charge in [-0.25, -0.2) is 0 Å². The number of anilines is 1. The van der Waals surface area contributed by atoms with E-state index in [0.29, 0.717) is 27.8 Å². The Morgan fingerprint density at radius 2 is 1.87 bits per heavy atom. The Morgan fingerprint density at radius 1 is 1.06 bits per heavy atom. The van der Waals surface area contributed by atoms with E-state index < -0.39 is 0 Å². The van der Waals surface area contributed by atoms with Crippen LogP contribution in [0, 0.1) is 11.3 Å². The van der Waals surface area contributed by atoms with Gasteiger partial charge in [0.05, 0.1) is 0 Å². The first-order chi connectivity index (χ1) is 15.1. The zero-order valence-electron chi connectivity index (χ0n) is 16.5. The van der Waals surface area contributed by atoms with E-state index in [0.717, 1.165) is 5.56 Å². The molecule has 2 amide bonds. The summed E-state index contributed by atoms with van der Waals surface area (Å²) in [5.41, 5.74) is 3.39. The molecule has 0 spiro atoms. The van der Waals surface area contributed by atoms with Gasteiger partial charge < -0.3 is 15.6 Å². The van der Waals surface area contributed by atoms with Crippen molar-refractivity contribution >= 4 is 40.3 Å². The molecule has 0 aliphatic carbocycles. The summed E-state index contributed by atoms with van der Waals surface area (Å²) in [6.45, 7) is 0. The van der Waals surface area contributed by atoms with Crippen molar-refractivity contribution in [2.24, 2.45) is 0 Å². The number of benzene rings is 2. The van der Waals surface area contributed by atoms with Crippen LogP contribution < -0.4 is 10.6 Å². The first-order valence-electron chi connectivity index (χ1n) is 9.33. The van der Waals surface area contributed by atoms with E-state index in [9.17, 15) is 14.9 Å². The molecule has 31 heavy (non-hydrogen) atoms. The van der Waals surface area contributed by atoms with Crippen LogP contribution in [0.3, 0.4) is 0 Å². The van der Waals surface area contributed by atoms with Crippen LogP contribution in [0.2, 0.25) is 0 Å². The molecule has 4 aromatic rings. The lowest BCUT2D eigenvalue weighted by Gasteiger charge is -2.07. The van der Waals surface area contributed by atoms with Gasteiger partial charge in [0.1, 0.15) is 17.1 Å². The van der Waals surface area contributed by atoms with Crippen LogP contribution in [0.25, 0.3) is 22.8 Å². The van der Waals surface area contributed by atoms with Crippen LogP contribution in [0.5, 0.6) is 0 Å². The van der Waals surface area contributed by atoms with Crippen LogP contribution >= 0.6 is 0 Å². The van der Waals surface area contributed by atoms with Gasteiger partial charge in [0, 0.05) is 36.3 Å². The lowest BCUT2D eigenvalue weighted by Crippen LogP contribution is -2.18. The van der Waals surface area contributed by atoms with Gasteiger partial charge in [-0.05, 0) is 54.1 Å². The smallest absolute Gasteiger partial charge is 0.255 e. The van der Waals surface area contributed by atoms with Gasteiger partial charge in [-0.15, -0.1) is 15.0 Å². The minimum Gasteiger partial charge on any atom is -0.367 e. The number of nitriles is 1. The van der Waals surface area contributed by atoms with Crippen molar-refractivity contribution < 1.29 is 9.59 Å². The third-order valence-corrected chi connectivity index (χ3v) is 4.51. The third-order valence-electron chi connectivity index (χ3n) is 4.51. The number of fused-ring (bicyclic) bond motifs is 1. The van der Waals surface area contributed by atoms with Crippen LogP contribution in [-0.4, -0.2) is 38.8 Å². The average molecular weight is 411 g/mol. The van der Waals surface area contributed by atoms with Gasteiger partial charge >= 0.3 is 0 Å². The monoisotopic (exact) mass is 411 g/mol. The van der Waals surface area contributed by atoms with Crippen molar-refractivity contribution in [1.82, 2.24) is 25.3 Å². The highest BCUT2D eigenvalue weighted by Gasteiger charge is 2.12. The second-order valence-electron chi connectivity index (χ2n) is 6.59. The lowest BCUT2D eigenvalue weighted by molar-refractivity contribution is 0.0961. The minimum atomic E-state index is -0.353. The highest BCUT2D eigenvalue weighted by Crippen LogP contribution is 2.17. The number of nitrogens with one attached hydrogen (secondary N) is 3. The topological polar surface area (TPSA) is 128 Å². The molecule has 0 radical (unpaired) electrons. The van der Waals surface area contributed by atoms with Gasteiger partial charge in [0.2, 0.25) is 0 Å². The Morgan fingerprint density at radius 3 is 2.61 bits per heavy atom. The predicted molar refractivity (Wildman–Crippen MR) is 116 cm³/mol. The fraction of sp³-hybridized carbons (Fsp3) is 0.0455. The molecule has 0 atom stereocenters. The van der Waals surface area contributed by atoms with Crippen molar-refractivity contribution in [3.05, 3.63) is 77.6 Å². The molecule has 0 aliphatic heterocycles. The van der Waals surface area contributed by atoms with E-state index in [2.05, 4.69) is 31.9 Å². The molecule has 0 saturated heterocycles. The third kappa shape index (κ3) is 4.18. The van der Waals surface area contributed by atoms with Crippen molar-refractivity contribution in [2.75, 3.05) is 12.4 Å². The van der Waals surface area contributed by atoms with Crippen molar-refractivity contribution in [2.45, 2.75) is 0 Å². The summed E-state index contributed by atoms with van der Waals surface area (Å²) in [5, 5.41) is 23.4. The van der Waals surface area contributed by atoms with E-state index in [1.54, 1.807) is 68.0 Å². The second kappa shape index (κ2) is 8.34.